The predicted octanol–water partition coefficient (Wildman–Crippen LogP) is 6.97. The van der Waals surface area contributed by atoms with Crippen LogP contribution in [0.4, 0.5) is 0 Å². The molecule has 0 atom stereocenters. The maximum absolute atomic E-state index is 11.4. The summed E-state index contributed by atoms with van der Waals surface area (Å²) in [6, 6.07) is 0. The van der Waals surface area contributed by atoms with Gasteiger partial charge in [-0.25, -0.2) is 0 Å². The van der Waals surface area contributed by atoms with Crippen LogP contribution in [0.25, 0.3) is 0 Å². The molecule has 0 spiro atoms. The third kappa shape index (κ3) is 7.65. The Bertz CT molecular complexity index is 536. The molecule has 0 unspecified atom stereocenters. The SMILES string of the molecule is CCC(=O)CCCCCCOC12CC3CC(C1)CC(OCCCCCCC(=O)CC)(C3)C2. The van der Waals surface area contributed by atoms with Crippen molar-refractivity contribution in [1.82, 2.24) is 0 Å². The Hall–Kier alpha value is -0.740. The molecule has 4 nitrogen and oxygen atoms in total. The van der Waals surface area contributed by atoms with E-state index < -0.39 is 0 Å². The van der Waals surface area contributed by atoms with E-state index in [9.17, 15) is 9.59 Å². The van der Waals surface area contributed by atoms with Crippen LogP contribution in [0.1, 0.15) is 129 Å². The van der Waals surface area contributed by atoms with Gasteiger partial charge >= 0.3 is 0 Å². The Balaban J connectivity index is 1.34. The molecule has 0 N–H and O–H groups in total. The van der Waals surface area contributed by atoms with Crippen LogP contribution in [0.3, 0.4) is 0 Å². The Morgan fingerprint density at radius 2 is 1.06 bits per heavy atom. The second kappa shape index (κ2) is 12.6. The van der Waals surface area contributed by atoms with E-state index >= 15 is 0 Å². The Labute approximate surface area is 196 Å². The van der Waals surface area contributed by atoms with Crippen LogP contribution in [0.15, 0.2) is 0 Å². The molecule has 0 heterocycles. The maximum atomic E-state index is 11.4. The van der Waals surface area contributed by atoms with Gasteiger partial charge in [0.05, 0.1) is 11.2 Å². The van der Waals surface area contributed by atoms with Crippen LogP contribution in [0.5, 0.6) is 0 Å². The summed E-state index contributed by atoms with van der Waals surface area (Å²) in [7, 11) is 0. The van der Waals surface area contributed by atoms with Crippen molar-refractivity contribution in [3.63, 3.8) is 0 Å². The van der Waals surface area contributed by atoms with Gasteiger partial charge in [-0.2, -0.15) is 0 Å². The molecule has 0 aromatic rings. The normalized spacial score (nSPS) is 30.7. The molecule has 32 heavy (non-hydrogen) atoms. The maximum Gasteiger partial charge on any atom is 0.132 e. The monoisotopic (exact) mass is 448 g/mol. The molecule has 4 heteroatoms. The summed E-state index contributed by atoms with van der Waals surface area (Å²) < 4.78 is 13.3. The number of carbonyl (C=O) groups excluding carboxylic acids is 2. The highest BCUT2D eigenvalue weighted by Crippen LogP contribution is 2.60. The van der Waals surface area contributed by atoms with Gasteiger partial charge < -0.3 is 9.47 Å². The van der Waals surface area contributed by atoms with E-state index in [1.54, 1.807) is 0 Å². The van der Waals surface area contributed by atoms with Gasteiger partial charge in [0.2, 0.25) is 0 Å². The van der Waals surface area contributed by atoms with Crippen LogP contribution in [0.2, 0.25) is 0 Å². The summed E-state index contributed by atoms with van der Waals surface area (Å²) in [4.78, 5) is 22.8. The Morgan fingerprint density at radius 1 is 0.656 bits per heavy atom. The number of ketones is 2. The molecule has 0 saturated heterocycles. The van der Waals surface area contributed by atoms with Crippen molar-refractivity contribution >= 4 is 11.6 Å². The first kappa shape index (κ1) is 25.9. The van der Waals surface area contributed by atoms with Crippen molar-refractivity contribution in [3.05, 3.63) is 0 Å². The summed E-state index contributed by atoms with van der Waals surface area (Å²) in [6.07, 6.45) is 19.2. The van der Waals surface area contributed by atoms with Crippen molar-refractivity contribution in [2.24, 2.45) is 11.8 Å². The number of hydrogen-bond acceptors (Lipinski definition) is 4. The molecule has 4 aliphatic rings. The standard InChI is InChI=1S/C28H48O4/c1-3-25(29)13-9-5-7-11-15-31-27-18-23-17-24(19-27)21-28(20-23,22-27)32-16-12-8-6-10-14-26(30)4-2/h23-24H,3-22H2,1-2H3. The fourth-order valence-electron chi connectivity index (χ4n) is 6.92. The van der Waals surface area contributed by atoms with Crippen LogP contribution in [0, 0.1) is 11.8 Å². The van der Waals surface area contributed by atoms with Crippen LogP contribution >= 0.6 is 0 Å². The smallest absolute Gasteiger partial charge is 0.132 e. The van der Waals surface area contributed by atoms with E-state index in [0.717, 1.165) is 82.8 Å². The number of unbranched alkanes of at least 4 members (excludes halogenated alkanes) is 6. The van der Waals surface area contributed by atoms with Gasteiger partial charge in [0.1, 0.15) is 11.6 Å². The summed E-state index contributed by atoms with van der Waals surface area (Å²) in [6.45, 7) is 5.65. The lowest BCUT2D eigenvalue weighted by atomic mass is 9.52. The van der Waals surface area contributed by atoms with Gasteiger partial charge in [0.15, 0.2) is 0 Å². The van der Waals surface area contributed by atoms with Crippen molar-refractivity contribution in [2.75, 3.05) is 13.2 Å². The van der Waals surface area contributed by atoms with Crippen molar-refractivity contribution < 1.29 is 19.1 Å². The highest BCUT2D eigenvalue weighted by atomic mass is 16.5. The molecular weight excluding hydrogens is 400 g/mol. The fraction of sp³-hybridized carbons (Fsp3) is 0.929. The fourth-order valence-corrected chi connectivity index (χ4v) is 6.92. The number of Topliss-reactive ketones (excluding diaryl/α,β-unsaturated/α-hetero) is 2. The summed E-state index contributed by atoms with van der Waals surface area (Å²) >= 11 is 0. The molecule has 0 aliphatic heterocycles. The van der Waals surface area contributed by atoms with Gasteiger partial charge in [0, 0.05) is 45.3 Å². The van der Waals surface area contributed by atoms with Gasteiger partial charge in [-0.15, -0.1) is 0 Å². The average molecular weight is 449 g/mol. The highest BCUT2D eigenvalue weighted by molar-refractivity contribution is 5.78. The second-order valence-electron chi connectivity index (χ2n) is 11.1. The average Bonchev–Trinajstić information content (AvgIpc) is 2.76. The third-order valence-electron chi connectivity index (χ3n) is 8.26. The van der Waals surface area contributed by atoms with Crippen molar-refractivity contribution in [3.8, 4) is 0 Å². The minimum Gasteiger partial charge on any atom is -0.375 e. The van der Waals surface area contributed by atoms with Gasteiger partial charge in [-0.3, -0.25) is 9.59 Å². The van der Waals surface area contributed by atoms with Gasteiger partial charge in [0.25, 0.3) is 0 Å². The summed E-state index contributed by atoms with van der Waals surface area (Å²) in [5.41, 5.74) is 0.144. The third-order valence-corrected chi connectivity index (χ3v) is 8.26. The molecule has 4 saturated carbocycles. The lowest BCUT2D eigenvalue weighted by Crippen LogP contribution is -2.61. The molecule has 184 valence electrons. The molecule has 0 aromatic heterocycles. The molecule has 4 aliphatic carbocycles. The van der Waals surface area contributed by atoms with E-state index in [4.69, 9.17) is 9.47 Å². The van der Waals surface area contributed by atoms with E-state index in [1.807, 2.05) is 13.8 Å². The first-order valence-electron chi connectivity index (χ1n) is 13.8. The zero-order valence-electron chi connectivity index (χ0n) is 20.9. The van der Waals surface area contributed by atoms with E-state index in [1.165, 1.54) is 44.9 Å². The number of ether oxygens (including phenoxy) is 2. The minimum atomic E-state index is 0.0722. The summed E-state index contributed by atoms with van der Waals surface area (Å²) in [5, 5.41) is 0. The first-order chi connectivity index (χ1) is 15.5. The molecule has 4 rings (SSSR count). The largest absolute Gasteiger partial charge is 0.375 e. The van der Waals surface area contributed by atoms with Crippen LogP contribution < -0.4 is 0 Å². The molecule has 0 aromatic carbocycles. The molecule has 4 fully saturated rings. The molecular formula is C28H48O4. The quantitative estimate of drug-likeness (QED) is 0.212. The minimum absolute atomic E-state index is 0.0722. The topological polar surface area (TPSA) is 52.6 Å². The molecule has 0 radical (unpaired) electrons. The second-order valence-corrected chi connectivity index (χ2v) is 11.1. The lowest BCUT2D eigenvalue weighted by Gasteiger charge is -2.61. The zero-order valence-corrected chi connectivity index (χ0v) is 20.9. The van der Waals surface area contributed by atoms with Crippen molar-refractivity contribution in [1.29, 1.82) is 0 Å². The van der Waals surface area contributed by atoms with Gasteiger partial charge in [-0.05, 0) is 69.6 Å². The lowest BCUT2D eigenvalue weighted by molar-refractivity contribution is -0.237. The van der Waals surface area contributed by atoms with Crippen LogP contribution in [-0.4, -0.2) is 36.0 Å². The van der Waals surface area contributed by atoms with E-state index in [-0.39, 0.29) is 11.2 Å². The number of carbonyl (C=O) groups is 2. The predicted molar refractivity (Wildman–Crippen MR) is 129 cm³/mol. The zero-order chi connectivity index (χ0) is 22.9. The first-order valence-corrected chi connectivity index (χ1v) is 13.8. The Kier molecular flexibility index (Phi) is 10.2. The molecule has 4 bridgehead atoms. The number of rotatable bonds is 18. The molecule has 0 amide bonds. The highest BCUT2D eigenvalue weighted by Gasteiger charge is 2.59. The Morgan fingerprint density at radius 3 is 1.47 bits per heavy atom. The van der Waals surface area contributed by atoms with Crippen molar-refractivity contribution in [2.45, 2.75) is 141 Å². The van der Waals surface area contributed by atoms with Gasteiger partial charge in [-0.1, -0.05) is 39.5 Å². The number of hydrogen-bond donors (Lipinski definition) is 0. The van der Waals surface area contributed by atoms with Crippen LogP contribution in [-0.2, 0) is 19.1 Å². The van der Waals surface area contributed by atoms with E-state index in [2.05, 4.69) is 0 Å². The van der Waals surface area contributed by atoms with E-state index in [0.29, 0.717) is 24.4 Å². The summed E-state index contributed by atoms with van der Waals surface area (Å²) in [5.74, 6) is 2.37.